The van der Waals surface area contributed by atoms with Crippen molar-refractivity contribution in [3.63, 3.8) is 0 Å². The molecule has 0 aliphatic rings. The summed E-state index contributed by atoms with van der Waals surface area (Å²) in [4.78, 5) is 11.2. The van der Waals surface area contributed by atoms with Crippen molar-refractivity contribution in [1.29, 1.82) is 0 Å². The zero-order chi connectivity index (χ0) is 9.68. The van der Waals surface area contributed by atoms with Gasteiger partial charge in [-0.25, -0.2) is 4.39 Å². The summed E-state index contributed by atoms with van der Waals surface area (Å²) in [5.41, 5.74) is 0.496. The summed E-state index contributed by atoms with van der Waals surface area (Å²) < 4.78 is 12.3. The molecule has 0 amide bonds. The predicted molar refractivity (Wildman–Crippen MR) is 49.1 cm³/mol. The van der Waals surface area contributed by atoms with Gasteiger partial charge in [0.25, 0.3) is 0 Å². The van der Waals surface area contributed by atoms with Crippen molar-refractivity contribution in [1.82, 2.24) is 0 Å². The zero-order valence-corrected chi connectivity index (χ0v) is 7.25. The van der Waals surface area contributed by atoms with Crippen LogP contribution in [0.4, 0.5) is 4.39 Å². The highest BCUT2D eigenvalue weighted by Gasteiger charge is 1.99. The van der Waals surface area contributed by atoms with E-state index in [4.69, 9.17) is 0 Å². The van der Waals surface area contributed by atoms with Crippen LogP contribution in [-0.2, 0) is 0 Å². The van der Waals surface area contributed by atoms with Crippen molar-refractivity contribution in [3.8, 4) is 11.8 Å². The van der Waals surface area contributed by atoms with E-state index < -0.39 is 6.17 Å². The fourth-order valence-corrected chi connectivity index (χ4v) is 0.827. The molecule has 0 spiro atoms. The molecular weight excluding hydrogens is 167 g/mol. The molecule has 1 atom stereocenters. The molecule has 0 aliphatic heterocycles. The van der Waals surface area contributed by atoms with Crippen molar-refractivity contribution >= 4 is 5.78 Å². The van der Waals surface area contributed by atoms with Gasteiger partial charge in [-0.1, -0.05) is 36.3 Å². The molecule has 0 bridgehead atoms. The summed E-state index contributed by atoms with van der Waals surface area (Å²) >= 11 is 0. The largest absolute Gasteiger partial charge is 0.279 e. The Hall–Kier alpha value is -1.62. The monoisotopic (exact) mass is 176 g/mol. The van der Waals surface area contributed by atoms with Crippen LogP contribution in [0.3, 0.4) is 0 Å². The lowest BCUT2D eigenvalue weighted by Gasteiger charge is -1.90. The molecule has 13 heavy (non-hydrogen) atoms. The Morgan fingerprint density at radius 3 is 2.54 bits per heavy atom. The van der Waals surface area contributed by atoms with Crippen molar-refractivity contribution < 1.29 is 9.18 Å². The molecule has 0 N–H and O–H groups in total. The maximum atomic E-state index is 12.3. The fraction of sp³-hybridized carbons (Fsp3) is 0.182. The maximum Gasteiger partial charge on any atom is 0.235 e. The molecule has 0 saturated heterocycles. The number of alkyl halides is 1. The summed E-state index contributed by atoms with van der Waals surface area (Å²) in [5, 5.41) is 0. The number of carbonyl (C=O) groups excluding carboxylic acids is 1. The van der Waals surface area contributed by atoms with E-state index in [1.165, 1.54) is 6.92 Å². The van der Waals surface area contributed by atoms with Crippen molar-refractivity contribution in [2.45, 2.75) is 13.1 Å². The first kappa shape index (κ1) is 9.47. The second-order valence-electron chi connectivity index (χ2n) is 2.58. The molecule has 0 fully saturated rings. The highest BCUT2D eigenvalue weighted by molar-refractivity contribution is 6.08. The molecule has 0 radical (unpaired) electrons. The molecule has 0 aromatic heterocycles. The number of hydrogen-bond acceptors (Lipinski definition) is 1. The Balaban J connectivity index is 2.78. The molecule has 1 rings (SSSR count). The number of benzene rings is 1. The number of Topliss-reactive ketones (excluding diaryl/α,β-unsaturated/α-hetero) is 1. The number of hydrogen-bond donors (Lipinski definition) is 0. The third-order valence-corrected chi connectivity index (χ3v) is 1.42. The summed E-state index contributed by atoms with van der Waals surface area (Å²) in [6, 6.07) is 8.60. The molecule has 0 aliphatic carbocycles. The predicted octanol–water partition coefficient (Wildman–Crippen LogP) is 2.23. The lowest BCUT2D eigenvalue weighted by Crippen LogP contribution is -1.95. The van der Waals surface area contributed by atoms with Crippen LogP contribution in [0.5, 0.6) is 0 Å². The van der Waals surface area contributed by atoms with Gasteiger partial charge in [0.05, 0.1) is 0 Å². The van der Waals surface area contributed by atoms with E-state index >= 15 is 0 Å². The van der Waals surface area contributed by atoms with Gasteiger partial charge in [0.2, 0.25) is 5.78 Å². The van der Waals surface area contributed by atoms with Crippen LogP contribution in [0.25, 0.3) is 0 Å². The van der Waals surface area contributed by atoms with Gasteiger partial charge in [0.15, 0.2) is 6.17 Å². The zero-order valence-electron chi connectivity index (χ0n) is 7.25. The van der Waals surface area contributed by atoms with E-state index in [0.717, 1.165) is 0 Å². The average Bonchev–Trinajstić information content (AvgIpc) is 2.15. The number of halogens is 1. The SMILES string of the molecule is CC(F)C#CC(=O)c1ccccc1. The minimum Gasteiger partial charge on any atom is -0.279 e. The quantitative estimate of drug-likeness (QED) is 0.364. The van der Waals surface area contributed by atoms with E-state index in [1.54, 1.807) is 24.3 Å². The molecule has 1 unspecified atom stereocenters. The first-order chi connectivity index (χ1) is 6.20. The smallest absolute Gasteiger partial charge is 0.235 e. The molecule has 2 heteroatoms. The summed E-state index contributed by atoms with van der Waals surface area (Å²) in [7, 11) is 0. The number of ketones is 1. The van der Waals surface area contributed by atoms with Gasteiger partial charge < -0.3 is 0 Å². The van der Waals surface area contributed by atoms with Gasteiger partial charge in [0.1, 0.15) is 0 Å². The van der Waals surface area contributed by atoms with Crippen molar-refractivity contribution in [3.05, 3.63) is 35.9 Å². The van der Waals surface area contributed by atoms with E-state index in [9.17, 15) is 9.18 Å². The van der Waals surface area contributed by atoms with Crippen LogP contribution in [0, 0.1) is 11.8 Å². The lowest BCUT2D eigenvalue weighted by atomic mass is 10.1. The van der Waals surface area contributed by atoms with Gasteiger partial charge in [-0.15, -0.1) is 0 Å². The Labute approximate surface area is 76.6 Å². The maximum absolute atomic E-state index is 12.3. The van der Waals surface area contributed by atoms with Crippen molar-refractivity contribution in [2.24, 2.45) is 0 Å². The summed E-state index contributed by atoms with van der Waals surface area (Å²) in [6.07, 6.45) is -1.26. The van der Waals surface area contributed by atoms with Crippen LogP contribution in [-0.4, -0.2) is 12.0 Å². The number of rotatable bonds is 1. The van der Waals surface area contributed by atoms with Gasteiger partial charge >= 0.3 is 0 Å². The Bertz CT molecular complexity index is 343. The van der Waals surface area contributed by atoms with Crippen LogP contribution >= 0.6 is 0 Å². The summed E-state index contributed by atoms with van der Waals surface area (Å²) in [5.74, 6) is 4.07. The van der Waals surface area contributed by atoms with Crippen LogP contribution < -0.4 is 0 Å². The van der Waals surface area contributed by atoms with Gasteiger partial charge in [-0.2, -0.15) is 0 Å². The van der Waals surface area contributed by atoms with Crippen LogP contribution in [0.2, 0.25) is 0 Å². The van der Waals surface area contributed by atoms with E-state index in [2.05, 4.69) is 11.8 Å². The normalized spacial score (nSPS) is 11.2. The van der Waals surface area contributed by atoms with E-state index in [1.807, 2.05) is 6.07 Å². The second kappa shape index (κ2) is 4.42. The third-order valence-electron chi connectivity index (χ3n) is 1.42. The molecule has 0 saturated carbocycles. The molecule has 1 aromatic carbocycles. The van der Waals surface area contributed by atoms with Gasteiger partial charge in [-0.3, -0.25) is 4.79 Å². The summed E-state index contributed by atoms with van der Waals surface area (Å²) in [6.45, 7) is 1.30. The van der Waals surface area contributed by atoms with Crippen LogP contribution in [0.15, 0.2) is 30.3 Å². The molecular formula is C11H9FO. The number of carbonyl (C=O) groups is 1. The van der Waals surface area contributed by atoms with E-state index in [0.29, 0.717) is 5.56 Å². The fourth-order valence-electron chi connectivity index (χ4n) is 0.827. The molecule has 0 heterocycles. The lowest BCUT2D eigenvalue weighted by molar-refractivity contribution is 0.105. The second-order valence-corrected chi connectivity index (χ2v) is 2.58. The minimum absolute atomic E-state index is 0.342. The molecule has 66 valence electrons. The average molecular weight is 176 g/mol. The topological polar surface area (TPSA) is 17.1 Å². The van der Waals surface area contributed by atoms with Gasteiger partial charge in [-0.05, 0) is 12.8 Å². The standard InChI is InChI=1S/C11H9FO/c1-9(12)7-8-11(13)10-5-3-2-4-6-10/h2-6,9H,1H3. The Kier molecular flexibility index (Phi) is 3.22. The minimum atomic E-state index is -1.26. The third kappa shape index (κ3) is 3.08. The van der Waals surface area contributed by atoms with Crippen molar-refractivity contribution in [2.75, 3.05) is 0 Å². The molecule has 1 aromatic rings. The van der Waals surface area contributed by atoms with E-state index in [-0.39, 0.29) is 5.78 Å². The van der Waals surface area contributed by atoms with Gasteiger partial charge in [0, 0.05) is 5.56 Å². The van der Waals surface area contributed by atoms with Crippen LogP contribution in [0.1, 0.15) is 17.3 Å². The highest BCUT2D eigenvalue weighted by atomic mass is 19.1. The Morgan fingerprint density at radius 2 is 2.00 bits per heavy atom. The highest BCUT2D eigenvalue weighted by Crippen LogP contribution is 1.98. The molecule has 1 nitrogen and oxygen atoms in total. The Morgan fingerprint density at radius 1 is 1.38 bits per heavy atom. The first-order valence-electron chi connectivity index (χ1n) is 3.95. The first-order valence-corrected chi connectivity index (χ1v) is 3.95.